The van der Waals surface area contributed by atoms with E-state index < -0.39 is 0 Å². The van der Waals surface area contributed by atoms with Crippen LogP contribution in [0.1, 0.15) is 5.56 Å². The van der Waals surface area contributed by atoms with Gasteiger partial charge < -0.3 is 0 Å². The van der Waals surface area contributed by atoms with E-state index in [9.17, 15) is 0 Å². The largest absolute Gasteiger partial charge is 0.314 e. The molecule has 0 saturated carbocycles. The molecule has 0 radical (unpaired) electrons. The molecule has 1 aromatic carbocycles. The molecule has 5 nitrogen and oxygen atoms in total. The summed E-state index contributed by atoms with van der Waals surface area (Å²) in [4.78, 5) is 4.68. The Bertz CT molecular complexity index is 1260. The van der Waals surface area contributed by atoms with Crippen molar-refractivity contribution in [2.24, 2.45) is 0 Å². The summed E-state index contributed by atoms with van der Waals surface area (Å²) in [5.41, 5.74) is 6.91. The summed E-state index contributed by atoms with van der Waals surface area (Å²) in [6.07, 6.45) is 5.79. The molecule has 0 fully saturated rings. The minimum Gasteiger partial charge on any atom is -0.248 e. The Labute approximate surface area is 143 Å². The van der Waals surface area contributed by atoms with Crippen LogP contribution in [0.15, 0.2) is 73.2 Å². The monoisotopic (exact) mass is 324 g/mol. The highest BCUT2D eigenvalue weighted by Gasteiger charge is 2.37. The lowest BCUT2D eigenvalue weighted by molar-refractivity contribution is -0.645. The standard InChI is InChI=1S/C20H14N5/c1-2-7-15(8-3-1)25-17-13-24-16(9-5-11-22-24)19(17)23-12-14-6-4-10-21-18(14)20(23)25/h1-11,13H,12H2/q+1. The highest BCUT2D eigenvalue weighted by Crippen LogP contribution is 2.34. The van der Waals surface area contributed by atoms with Gasteiger partial charge in [-0.3, -0.25) is 0 Å². The number of pyridine rings is 1. The molecule has 1 aliphatic heterocycles. The van der Waals surface area contributed by atoms with E-state index in [0.29, 0.717) is 0 Å². The SMILES string of the molecule is c1ccc(-n2c3[n+](c4c2cn2ncccc42)Cc2cccnc2-3)cc1. The smallest absolute Gasteiger partial charge is 0.248 e. The zero-order valence-electron chi connectivity index (χ0n) is 13.4. The summed E-state index contributed by atoms with van der Waals surface area (Å²) in [5, 5.41) is 4.47. The van der Waals surface area contributed by atoms with Crippen LogP contribution in [0, 0.1) is 0 Å². The van der Waals surface area contributed by atoms with Gasteiger partial charge in [0.05, 0.1) is 6.20 Å². The van der Waals surface area contributed by atoms with Crippen LogP contribution in [0.25, 0.3) is 33.8 Å². The average Bonchev–Trinajstić information content (AvgIpc) is 3.29. The Hall–Kier alpha value is -3.47. The number of fused-ring (bicyclic) bond motifs is 7. The minimum atomic E-state index is 0.837. The molecular formula is C20H14N5+. The van der Waals surface area contributed by atoms with Crippen molar-refractivity contribution in [1.29, 1.82) is 0 Å². The third kappa shape index (κ3) is 1.59. The third-order valence-electron chi connectivity index (χ3n) is 4.93. The number of imidazole rings is 1. The van der Waals surface area contributed by atoms with Crippen LogP contribution in [-0.4, -0.2) is 19.2 Å². The molecule has 0 unspecified atom stereocenters. The molecule has 5 heterocycles. The maximum absolute atomic E-state index is 4.68. The number of aromatic nitrogens is 5. The summed E-state index contributed by atoms with van der Waals surface area (Å²) in [6, 6.07) is 18.7. The molecule has 0 spiro atoms. The van der Waals surface area contributed by atoms with Crippen LogP contribution in [0.4, 0.5) is 0 Å². The molecule has 4 aromatic heterocycles. The molecule has 118 valence electrons. The van der Waals surface area contributed by atoms with E-state index in [1.165, 1.54) is 11.1 Å². The molecular weight excluding hydrogens is 310 g/mol. The molecule has 0 atom stereocenters. The normalized spacial score (nSPS) is 12.6. The number of nitrogens with zero attached hydrogens (tertiary/aromatic N) is 5. The van der Waals surface area contributed by atoms with Crippen LogP contribution in [0.5, 0.6) is 0 Å². The minimum absolute atomic E-state index is 0.837. The van der Waals surface area contributed by atoms with Gasteiger partial charge in [0.2, 0.25) is 11.0 Å². The first-order valence-corrected chi connectivity index (χ1v) is 8.32. The highest BCUT2D eigenvalue weighted by atomic mass is 15.3. The molecule has 0 N–H and O–H groups in total. The molecule has 0 bridgehead atoms. The van der Waals surface area contributed by atoms with E-state index in [0.717, 1.165) is 34.8 Å². The average molecular weight is 324 g/mol. The van der Waals surface area contributed by atoms with E-state index in [4.69, 9.17) is 0 Å². The van der Waals surface area contributed by atoms with E-state index in [-0.39, 0.29) is 0 Å². The van der Waals surface area contributed by atoms with Gasteiger partial charge in [-0.1, -0.05) is 24.3 Å². The van der Waals surface area contributed by atoms with Gasteiger partial charge in [-0.2, -0.15) is 9.67 Å². The first-order chi connectivity index (χ1) is 12.4. The van der Waals surface area contributed by atoms with Crippen molar-refractivity contribution >= 4 is 16.6 Å². The van der Waals surface area contributed by atoms with Crippen molar-refractivity contribution in [2.45, 2.75) is 6.54 Å². The second-order valence-corrected chi connectivity index (χ2v) is 6.31. The lowest BCUT2D eigenvalue weighted by Gasteiger charge is -2.00. The number of hydrogen-bond donors (Lipinski definition) is 0. The van der Waals surface area contributed by atoms with Gasteiger partial charge in [0.25, 0.3) is 0 Å². The zero-order chi connectivity index (χ0) is 16.4. The van der Waals surface area contributed by atoms with Crippen molar-refractivity contribution in [3.05, 3.63) is 78.8 Å². The van der Waals surface area contributed by atoms with E-state index >= 15 is 0 Å². The molecule has 0 amide bonds. The van der Waals surface area contributed by atoms with Gasteiger partial charge in [0.1, 0.15) is 17.7 Å². The second-order valence-electron chi connectivity index (χ2n) is 6.31. The van der Waals surface area contributed by atoms with Gasteiger partial charge in [0, 0.05) is 18.0 Å². The topological polar surface area (TPSA) is 39.0 Å². The van der Waals surface area contributed by atoms with Gasteiger partial charge in [-0.05, 0) is 30.3 Å². The summed E-state index contributed by atoms with van der Waals surface area (Å²) in [5.74, 6) is 1.14. The number of para-hydroxylation sites is 1. The fourth-order valence-corrected chi connectivity index (χ4v) is 3.93. The number of benzene rings is 1. The maximum Gasteiger partial charge on any atom is 0.314 e. The predicted octanol–water partition coefficient (Wildman–Crippen LogP) is 2.99. The van der Waals surface area contributed by atoms with E-state index in [1.54, 1.807) is 0 Å². The van der Waals surface area contributed by atoms with Gasteiger partial charge >= 0.3 is 5.82 Å². The summed E-state index contributed by atoms with van der Waals surface area (Å²) in [6.45, 7) is 0.837. The summed E-state index contributed by atoms with van der Waals surface area (Å²) < 4.78 is 6.60. The van der Waals surface area contributed by atoms with Crippen molar-refractivity contribution in [3.8, 4) is 17.2 Å². The molecule has 1 aliphatic rings. The fourth-order valence-electron chi connectivity index (χ4n) is 3.93. The van der Waals surface area contributed by atoms with Crippen LogP contribution in [0.3, 0.4) is 0 Å². The Morgan fingerprint density at radius 2 is 1.76 bits per heavy atom. The molecule has 0 saturated heterocycles. The molecule has 5 aromatic rings. The summed E-state index contributed by atoms with van der Waals surface area (Å²) >= 11 is 0. The maximum atomic E-state index is 4.68. The Balaban J connectivity index is 1.83. The first kappa shape index (κ1) is 12.9. The second kappa shape index (κ2) is 4.54. The lowest BCUT2D eigenvalue weighted by atomic mass is 10.2. The first-order valence-electron chi connectivity index (χ1n) is 8.32. The van der Waals surface area contributed by atoms with Crippen molar-refractivity contribution in [2.75, 3.05) is 0 Å². The van der Waals surface area contributed by atoms with Gasteiger partial charge in [0.15, 0.2) is 5.69 Å². The van der Waals surface area contributed by atoms with Crippen molar-refractivity contribution in [3.63, 3.8) is 0 Å². The highest BCUT2D eigenvalue weighted by molar-refractivity contribution is 5.92. The lowest BCUT2D eigenvalue weighted by Crippen LogP contribution is -2.31. The fraction of sp³-hybridized carbons (Fsp3) is 0.0500. The quantitative estimate of drug-likeness (QED) is 0.436. The molecule has 25 heavy (non-hydrogen) atoms. The summed E-state index contributed by atoms with van der Waals surface area (Å²) in [7, 11) is 0. The Kier molecular flexibility index (Phi) is 2.34. The Morgan fingerprint density at radius 3 is 2.68 bits per heavy atom. The van der Waals surface area contributed by atoms with Crippen molar-refractivity contribution < 1.29 is 4.57 Å². The number of rotatable bonds is 1. The van der Waals surface area contributed by atoms with E-state index in [2.05, 4.69) is 61.8 Å². The van der Waals surface area contributed by atoms with Gasteiger partial charge in [-0.25, -0.2) is 14.1 Å². The molecule has 0 aliphatic carbocycles. The molecule has 6 rings (SSSR count). The third-order valence-corrected chi connectivity index (χ3v) is 4.93. The van der Waals surface area contributed by atoms with Crippen LogP contribution in [0.2, 0.25) is 0 Å². The Morgan fingerprint density at radius 1 is 0.880 bits per heavy atom. The van der Waals surface area contributed by atoms with Crippen LogP contribution < -0.4 is 4.57 Å². The molecule has 5 heteroatoms. The van der Waals surface area contributed by atoms with E-state index in [1.807, 2.05) is 35.1 Å². The van der Waals surface area contributed by atoms with Crippen LogP contribution >= 0.6 is 0 Å². The van der Waals surface area contributed by atoms with Gasteiger partial charge in [-0.15, -0.1) is 0 Å². The number of hydrogen-bond acceptors (Lipinski definition) is 2. The van der Waals surface area contributed by atoms with Crippen molar-refractivity contribution in [1.82, 2.24) is 19.2 Å². The van der Waals surface area contributed by atoms with Crippen LogP contribution in [-0.2, 0) is 6.54 Å². The predicted molar refractivity (Wildman–Crippen MR) is 94.6 cm³/mol. The zero-order valence-corrected chi connectivity index (χ0v) is 13.4.